The Bertz CT molecular complexity index is 720. The molecule has 2 aromatic rings. The van der Waals surface area contributed by atoms with Gasteiger partial charge in [0.15, 0.2) is 0 Å². The summed E-state index contributed by atoms with van der Waals surface area (Å²) in [5.41, 5.74) is 2.47. The summed E-state index contributed by atoms with van der Waals surface area (Å²) in [4.78, 5) is 23.7. The van der Waals surface area contributed by atoms with Gasteiger partial charge in [0, 0.05) is 5.69 Å². The Balaban J connectivity index is 1.72. The van der Waals surface area contributed by atoms with Gasteiger partial charge in [-0.25, -0.2) is 0 Å². The maximum Gasteiger partial charge on any atom is 0.310 e. The number of rotatable bonds is 6. The third-order valence-electron chi connectivity index (χ3n) is 4.58. The summed E-state index contributed by atoms with van der Waals surface area (Å²) in [5.74, 6) is -1.12. The van der Waals surface area contributed by atoms with E-state index in [0.717, 1.165) is 24.0 Å². The summed E-state index contributed by atoms with van der Waals surface area (Å²) < 4.78 is 0. The predicted molar refractivity (Wildman–Crippen MR) is 93.0 cm³/mol. The van der Waals surface area contributed by atoms with Crippen molar-refractivity contribution >= 4 is 17.6 Å². The minimum atomic E-state index is -0.857. The first-order valence-corrected chi connectivity index (χ1v) is 8.25. The molecule has 1 aliphatic rings. The van der Waals surface area contributed by atoms with Crippen molar-refractivity contribution in [2.24, 2.45) is 5.92 Å². The van der Waals surface area contributed by atoms with Crippen LogP contribution in [0.3, 0.4) is 0 Å². The van der Waals surface area contributed by atoms with Crippen LogP contribution in [-0.4, -0.2) is 17.0 Å². The van der Waals surface area contributed by atoms with Crippen molar-refractivity contribution in [2.75, 3.05) is 5.32 Å². The number of hydrogen-bond donors (Lipinski definition) is 2. The lowest BCUT2D eigenvalue weighted by Crippen LogP contribution is -2.22. The van der Waals surface area contributed by atoms with Crippen molar-refractivity contribution in [2.45, 2.75) is 31.6 Å². The average Bonchev–Trinajstić information content (AvgIpc) is 3.41. The zero-order valence-corrected chi connectivity index (χ0v) is 13.6. The van der Waals surface area contributed by atoms with Crippen LogP contribution in [0.4, 0.5) is 5.69 Å². The molecule has 1 aliphatic carbocycles. The molecule has 0 heterocycles. The molecule has 2 aromatic carbocycles. The molecule has 1 fully saturated rings. The molecule has 0 aliphatic heterocycles. The number of carbonyl (C=O) groups is 2. The van der Waals surface area contributed by atoms with Gasteiger partial charge >= 0.3 is 5.97 Å². The van der Waals surface area contributed by atoms with E-state index in [0.29, 0.717) is 11.6 Å². The number of carbonyl (C=O) groups excluding carboxylic acids is 1. The average molecular weight is 323 g/mol. The zero-order chi connectivity index (χ0) is 17.1. The highest BCUT2D eigenvalue weighted by Gasteiger charge is 2.37. The summed E-state index contributed by atoms with van der Waals surface area (Å²) in [7, 11) is 0. The number of amides is 1. The number of hydrogen-bond acceptors (Lipinski definition) is 2. The van der Waals surface area contributed by atoms with E-state index < -0.39 is 11.9 Å². The molecule has 1 saturated carbocycles. The number of carboxylic acid groups (broad SMARTS) is 1. The number of benzene rings is 2. The van der Waals surface area contributed by atoms with Crippen LogP contribution >= 0.6 is 0 Å². The Morgan fingerprint density at radius 3 is 2.17 bits per heavy atom. The molecule has 4 nitrogen and oxygen atoms in total. The van der Waals surface area contributed by atoms with E-state index in [-0.39, 0.29) is 11.8 Å². The zero-order valence-electron chi connectivity index (χ0n) is 13.6. The Labute approximate surface area is 141 Å². The summed E-state index contributed by atoms with van der Waals surface area (Å²) in [5, 5.41) is 12.0. The molecule has 2 unspecified atom stereocenters. The van der Waals surface area contributed by atoms with Gasteiger partial charge in [0.05, 0.1) is 11.8 Å². The quantitative estimate of drug-likeness (QED) is 0.844. The third-order valence-corrected chi connectivity index (χ3v) is 4.58. The van der Waals surface area contributed by atoms with E-state index in [1.165, 1.54) is 0 Å². The Morgan fingerprint density at radius 1 is 1.00 bits per heavy atom. The molecule has 2 atom stereocenters. The lowest BCUT2D eigenvalue weighted by molar-refractivity contribution is -0.138. The number of carboxylic acids is 1. The van der Waals surface area contributed by atoms with Crippen molar-refractivity contribution in [1.29, 1.82) is 0 Å². The predicted octanol–water partition coefficient (Wildman–Crippen LogP) is 4.01. The number of nitrogens with one attached hydrogen (secondary N) is 1. The van der Waals surface area contributed by atoms with Gasteiger partial charge < -0.3 is 10.4 Å². The highest BCUT2D eigenvalue weighted by atomic mass is 16.4. The van der Waals surface area contributed by atoms with Gasteiger partial charge in [0.1, 0.15) is 0 Å². The van der Waals surface area contributed by atoms with Crippen LogP contribution in [0.2, 0.25) is 0 Å². The summed E-state index contributed by atoms with van der Waals surface area (Å²) in [6, 6.07) is 16.9. The second-order valence-electron chi connectivity index (χ2n) is 6.40. The Hall–Kier alpha value is -2.62. The topological polar surface area (TPSA) is 66.4 Å². The molecule has 3 rings (SSSR count). The van der Waals surface area contributed by atoms with E-state index in [1.54, 1.807) is 31.2 Å². The first kappa shape index (κ1) is 16.2. The van der Waals surface area contributed by atoms with Gasteiger partial charge in [-0.2, -0.15) is 0 Å². The van der Waals surface area contributed by atoms with E-state index in [4.69, 9.17) is 5.11 Å². The van der Waals surface area contributed by atoms with Gasteiger partial charge in [-0.3, -0.25) is 9.59 Å². The minimum Gasteiger partial charge on any atom is -0.481 e. The second-order valence-corrected chi connectivity index (χ2v) is 6.40. The molecule has 24 heavy (non-hydrogen) atoms. The van der Waals surface area contributed by atoms with Crippen molar-refractivity contribution in [3.63, 3.8) is 0 Å². The van der Waals surface area contributed by atoms with Crippen molar-refractivity contribution in [3.8, 4) is 0 Å². The fourth-order valence-electron chi connectivity index (χ4n) is 2.95. The molecular formula is C20H21NO3. The monoisotopic (exact) mass is 323 g/mol. The Morgan fingerprint density at radius 2 is 1.62 bits per heavy atom. The van der Waals surface area contributed by atoms with Crippen LogP contribution in [-0.2, 0) is 9.59 Å². The first-order valence-electron chi connectivity index (χ1n) is 8.25. The molecule has 0 aromatic heterocycles. The maximum atomic E-state index is 12.7. The van der Waals surface area contributed by atoms with Crippen molar-refractivity contribution < 1.29 is 14.7 Å². The highest BCUT2D eigenvalue weighted by molar-refractivity contribution is 5.96. The maximum absolute atomic E-state index is 12.7. The summed E-state index contributed by atoms with van der Waals surface area (Å²) >= 11 is 0. The third kappa shape index (κ3) is 3.65. The van der Waals surface area contributed by atoms with E-state index >= 15 is 0 Å². The van der Waals surface area contributed by atoms with Gasteiger partial charge in [0.2, 0.25) is 5.91 Å². The van der Waals surface area contributed by atoms with Gasteiger partial charge in [-0.15, -0.1) is 0 Å². The van der Waals surface area contributed by atoms with Gasteiger partial charge in [-0.1, -0.05) is 42.5 Å². The molecule has 124 valence electrons. The molecule has 4 heteroatoms. The molecule has 0 radical (unpaired) electrons. The second kappa shape index (κ2) is 6.87. The molecule has 0 spiro atoms. The van der Waals surface area contributed by atoms with Gasteiger partial charge in [-0.05, 0) is 48.9 Å². The van der Waals surface area contributed by atoms with Crippen LogP contribution in [0.25, 0.3) is 0 Å². The van der Waals surface area contributed by atoms with E-state index in [1.807, 2.05) is 30.3 Å². The fourth-order valence-corrected chi connectivity index (χ4v) is 2.95. The SMILES string of the molecule is CC(C(=O)O)c1ccc(NC(=O)C(c2ccccc2)C2CC2)cc1. The van der Waals surface area contributed by atoms with Crippen LogP contribution in [0, 0.1) is 5.92 Å². The number of anilines is 1. The smallest absolute Gasteiger partial charge is 0.310 e. The largest absolute Gasteiger partial charge is 0.481 e. The number of aliphatic carboxylic acids is 1. The molecular weight excluding hydrogens is 302 g/mol. The van der Waals surface area contributed by atoms with Crippen LogP contribution in [0.5, 0.6) is 0 Å². The van der Waals surface area contributed by atoms with Crippen molar-refractivity contribution in [1.82, 2.24) is 0 Å². The van der Waals surface area contributed by atoms with Crippen LogP contribution < -0.4 is 5.32 Å². The molecule has 0 saturated heterocycles. The van der Waals surface area contributed by atoms with Crippen molar-refractivity contribution in [3.05, 3.63) is 65.7 Å². The van der Waals surface area contributed by atoms with Crippen LogP contribution in [0.1, 0.15) is 42.7 Å². The standard InChI is InChI=1S/C20H21NO3/c1-13(20(23)24)14-9-11-17(12-10-14)21-19(22)18(16-7-8-16)15-5-3-2-4-6-15/h2-6,9-13,16,18H,7-8H2,1H3,(H,21,22)(H,23,24). The molecule has 2 N–H and O–H groups in total. The summed E-state index contributed by atoms with van der Waals surface area (Å²) in [6.45, 7) is 1.65. The minimum absolute atomic E-state index is 0.00253. The van der Waals surface area contributed by atoms with Crippen LogP contribution in [0.15, 0.2) is 54.6 Å². The molecule has 1 amide bonds. The van der Waals surface area contributed by atoms with Gasteiger partial charge in [0.25, 0.3) is 0 Å². The van der Waals surface area contributed by atoms with E-state index in [2.05, 4.69) is 5.32 Å². The lowest BCUT2D eigenvalue weighted by atomic mass is 9.93. The molecule has 0 bridgehead atoms. The Kier molecular flexibility index (Phi) is 4.65. The summed E-state index contributed by atoms with van der Waals surface area (Å²) in [6.07, 6.45) is 2.17. The highest BCUT2D eigenvalue weighted by Crippen LogP contribution is 2.43. The first-order chi connectivity index (χ1) is 11.6. The van der Waals surface area contributed by atoms with E-state index in [9.17, 15) is 9.59 Å². The lowest BCUT2D eigenvalue weighted by Gasteiger charge is -2.17. The fraction of sp³-hybridized carbons (Fsp3) is 0.300. The normalized spacial score (nSPS) is 16.2.